The second-order valence-electron chi connectivity index (χ2n) is 10.9. The molecule has 3 unspecified atom stereocenters. The fourth-order valence-electron chi connectivity index (χ4n) is 6.11. The first-order valence-corrected chi connectivity index (χ1v) is 14.3. The lowest BCUT2D eigenvalue weighted by molar-refractivity contribution is -0.126. The average Bonchev–Trinajstić information content (AvgIpc) is 2.78. The van der Waals surface area contributed by atoms with Crippen LogP contribution in [0.25, 0.3) is 0 Å². The second-order valence-corrected chi connectivity index (χ2v) is 12.8. The fourth-order valence-corrected chi connectivity index (χ4v) is 7.63. The van der Waals surface area contributed by atoms with Crippen LogP contribution < -0.4 is 5.32 Å². The van der Waals surface area contributed by atoms with Crippen molar-refractivity contribution in [2.75, 3.05) is 32.7 Å². The molecule has 1 aromatic carbocycles. The predicted molar refractivity (Wildman–Crippen MR) is 132 cm³/mol. The molecule has 2 fully saturated rings. The Hall–Kier alpha value is -1.44. The highest BCUT2D eigenvalue weighted by Gasteiger charge is 2.33. The van der Waals surface area contributed by atoms with Gasteiger partial charge in [-0.05, 0) is 87.0 Å². The monoisotopic (exact) mass is 475 g/mol. The lowest BCUT2D eigenvalue weighted by Gasteiger charge is -2.37. The second kappa shape index (κ2) is 10.4. The molecular weight excluding hydrogens is 434 g/mol. The smallest absolute Gasteiger partial charge is 0.243 e. The number of piperidine rings is 2. The van der Waals surface area contributed by atoms with Crippen molar-refractivity contribution >= 4 is 15.9 Å². The van der Waals surface area contributed by atoms with Crippen LogP contribution >= 0.6 is 0 Å². The maximum atomic E-state index is 13.2. The molecular formula is C26H41N3O3S. The topological polar surface area (TPSA) is 69.7 Å². The van der Waals surface area contributed by atoms with Crippen molar-refractivity contribution in [3.63, 3.8) is 0 Å². The van der Waals surface area contributed by atoms with Crippen LogP contribution in [0.4, 0.5) is 0 Å². The van der Waals surface area contributed by atoms with Crippen LogP contribution in [0.5, 0.6) is 0 Å². The van der Waals surface area contributed by atoms with Crippen molar-refractivity contribution in [2.45, 2.75) is 76.7 Å². The number of benzene rings is 1. The zero-order valence-corrected chi connectivity index (χ0v) is 21.4. The van der Waals surface area contributed by atoms with E-state index in [1.807, 2.05) is 12.1 Å². The highest BCUT2D eigenvalue weighted by Crippen LogP contribution is 2.28. The molecule has 1 amide bonds. The summed E-state index contributed by atoms with van der Waals surface area (Å²) in [6.07, 6.45) is 6.78. The lowest BCUT2D eigenvalue weighted by atomic mass is 9.91. The van der Waals surface area contributed by atoms with Gasteiger partial charge < -0.3 is 10.2 Å². The first kappa shape index (κ1) is 24.7. The minimum absolute atomic E-state index is 0.0754. The van der Waals surface area contributed by atoms with Gasteiger partial charge in [0.2, 0.25) is 15.9 Å². The zero-order chi connectivity index (χ0) is 23.6. The Morgan fingerprint density at radius 3 is 2.36 bits per heavy atom. The highest BCUT2D eigenvalue weighted by atomic mass is 32.2. The number of sulfonamides is 1. The molecule has 0 bridgehead atoms. The molecule has 2 aliphatic heterocycles. The third kappa shape index (κ3) is 5.98. The van der Waals surface area contributed by atoms with Gasteiger partial charge in [-0.1, -0.05) is 19.9 Å². The Labute approximate surface area is 200 Å². The number of carbonyl (C=O) groups excluding carboxylic acids is 1. The van der Waals surface area contributed by atoms with Crippen LogP contribution in [-0.2, 0) is 27.7 Å². The molecule has 184 valence electrons. The van der Waals surface area contributed by atoms with E-state index in [9.17, 15) is 13.2 Å². The van der Waals surface area contributed by atoms with E-state index in [0.717, 1.165) is 38.9 Å². The van der Waals surface area contributed by atoms with Crippen molar-refractivity contribution in [1.29, 1.82) is 0 Å². The van der Waals surface area contributed by atoms with Crippen molar-refractivity contribution < 1.29 is 13.2 Å². The fraction of sp³-hybridized carbons (Fsp3) is 0.731. The van der Waals surface area contributed by atoms with Crippen LogP contribution in [0.15, 0.2) is 23.1 Å². The first-order chi connectivity index (χ1) is 15.7. The summed E-state index contributed by atoms with van der Waals surface area (Å²) in [5.41, 5.74) is 2.47. The molecule has 7 heteroatoms. The summed E-state index contributed by atoms with van der Waals surface area (Å²) in [6.45, 7) is 10.6. The Balaban J connectivity index is 1.28. The summed E-state index contributed by atoms with van der Waals surface area (Å²) in [5.74, 6) is 1.38. The number of hydrogen-bond donors (Lipinski definition) is 1. The molecule has 0 radical (unpaired) electrons. The van der Waals surface area contributed by atoms with Gasteiger partial charge in [-0.3, -0.25) is 4.79 Å². The summed E-state index contributed by atoms with van der Waals surface area (Å²) in [4.78, 5) is 15.7. The molecule has 2 heterocycles. The normalized spacial score (nSPS) is 26.5. The van der Waals surface area contributed by atoms with Gasteiger partial charge in [0.25, 0.3) is 0 Å². The Morgan fingerprint density at radius 2 is 1.70 bits per heavy atom. The Morgan fingerprint density at radius 1 is 1.06 bits per heavy atom. The molecule has 1 aromatic rings. The van der Waals surface area contributed by atoms with E-state index in [2.05, 4.69) is 31.0 Å². The van der Waals surface area contributed by atoms with Crippen LogP contribution in [0, 0.1) is 17.8 Å². The van der Waals surface area contributed by atoms with E-state index in [-0.39, 0.29) is 17.9 Å². The molecule has 0 spiro atoms. The van der Waals surface area contributed by atoms with Gasteiger partial charge in [0.05, 0.1) is 4.90 Å². The number of hydrogen-bond acceptors (Lipinski definition) is 4. The summed E-state index contributed by atoms with van der Waals surface area (Å²) >= 11 is 0. The Bertz CT molecular complexity index is 930. The predicted octanol–water partition coefficient (Wildman–Crippen LogP) is 3.45. The van der Waals surface area contributed by atoms with Crippen LogP contribution in [0.2, 0.25) is 0 Å². The summed E-state index contributed by atoms with van der Waals surface area (Å²) in [7, 11) is -3.50. The maximum absolute atomic E-state index is 13.2. The number of likely N-dealkylation sites (tertiary alicyclic amines) is 1. The molecule has 0 saturated carbocycles. The summed E-state index contributed by atoms with van der Waals surface area (Å²) < 4.78 is 28.0. The van der Waals surface area contributed by atoms with E-state index in [0.29, 0.717) is 42.7 Å². The number of fused-ring (bicyclic) bond motifs is 1. The number of carbonyl (C=O) groups is 1. The molecule has 3 atom stereocenters. The molecule has 0 aromatic heterocycles. The standard InChI is InChI=1S/C26H41N3O3S/c1-19-14-20(2)17-28(16-19)18-21(3)27-26(30)23-10-12-29(13-11-23)33(31,32)25-9-8-22-6-4-5-7-24(22)15-25/h8-9,15,19-21,23H,4-7,10-14,16-18H2,1-3H3,(H,27,30). The van der Waals surface area contributed by atoms with Gasteiger partial charge in [0.1, 0.15) is 0 Å². The van der Waals surface area contributed by atoms with E-state index < -0.39 is 10.0 Å². The van der Waals surface area contributed by atoms with E-state index in [1.54, 1.807) is 10.4 Å². The highest BCUT2D eigenvalue weighted by molar-refractivity contribution is 7.89. The zero-order valence-electron chi connectivity index (χ0n) is 20.6. The largest absolute Gasteiger partial charge is 0.352 e. The quantitative estimate of drug-likeness (QED) is 0.684. The summed E-state index contributed by atoms with van der Waals surface area (Å²) in [5, 5.41) is 3.20. The van der Waals surface area contributed by atoms with Crippen molar-refractivity contribution in [3.05, 3.63) is 29.3 Å². The minimum atomic E-state index is -3.50. The number of amides is 1. The molecule has 6 nitrogen and oxygen atoms in total. The number of rotatable bonds is 6. The van der Waals surface area contributed by atoms with Gasteiger partial charge in [0.15, 0.2) is 0 Å². The van der Waals surface area contributed by atoms with Crippen molar-refractivity contribution in [3.8, 4) is 0 Å². The van der Waals surface area contributed by atoms with Crippen molar-refractivity contribution in [1.82, 2.24) is 14.5 Å². The number of nitrogens with zero attached hydrogens (tertiary/aromatic N) is 2. The van der Waals surface area contributed by atoms with E-state index in [4.69, 9.17) is 0 Å². The van der Waals surface area contributed by atoms with Crippen LogP contribution in [0.1, 0.15) is 64.0 Å². The summed E-state index contributed by atoms with van der Waals surface area (Å²) in [6, 6.07) is 5.74. The van der Waals surface area contributed by atoms with Gasteiger partial charge in [-0.2, -0.15) is 4.31 Å². The van der Waals surface area contributed by atoms with E-state index in [1.165, 1.54) is 24.0 Å². The molecule has 1 aliphatic carbocycles. The van der Waals surface area contributed by atoms with E-state index >= 15 is 0 Å². The van der Waals surface area contributed by atoms with Gasteiger partial charge in [0, 0.05) is 44.7 Å². The maximum Gasteiger partial charge on any atom is 0.243 e. The van der Waals surface area contributed by atoms with Crippen molar-refractivity contribution in [2.24, 2.45) is 17.8 Å². The molecule has 4 rings (SSSR count). The lowest BCUT2D eigenvalue weighted by Crippen LogP contribution is -2.49. The number of nitrogens with one attached hydrogen (secondary N) is 1. The Kier molecular flexibility index (Phi) is 7.81. The van der Waals surface area contributed by atoms with Gasteiger partial charge in [-0.15, -0.1) is 0 Å². The SMILES string of the molecule is CC1CC(C)CN(CC(C)NC(=O)C2CCN(S(=O)(=O)c3ccc4c(c3)CCCC4)CC2)C1. The van der Waals surface area contributed by atoms with Gasteiger partial charge >= 0.3 is 0 Å². The molecule has 33 heavy (non-hydrogen) atoms. The molecule has 2 saturated heterocycles. The minimum Gasteiger partial charge on any atom is -0.352 e. The average molecular weight is 476 g/mol. The van der Waals surface area contributed by atoms with Gasteiger partial charge in [-0.25, -0.2) is 8.42 Å². The number of aryl methyl sites for hydroxylation is 2. The van der Waals surface area contributed by atoms with Crippen LogP contribution in [0.3, 0.4) is 0 Å². The first-order valence-electron chi connectivity index (χ1n) is 12.9. The van der Waals surface area contributed by atoms with Crippen LogP contribution in [-0.4, -0.2) is 62.3 Å². The third-order valence-electron chi connectivity index (χ3n) is 7.65. The molecule has 1 N–H and O–H groups in total. The third-order valence-corrected chi connectivity index (χ3v) is 9.54. The molecule has 3 aliphatic rings.